The van der Waals surface area contributed by atoms with Crippen LogP contribution in [0.3, 0.4) is 0 Å². The van der Waals surface area contributed by atoms with Gasteiger partial charge in [-0.1, -0.05) is 44.5 Å². The molecule has 1 heterocycles. The summed E-state index contributed by atoms with van der Waals surface area (Å²) in [5.41, 5.74) is 8.82. The van der Waals surface area contributed by atoms with Crippen LogP contribution in [0, 0.1) is 11.6 Å². The zero-order chi connectivity index (χ0) is 32.1. The second-order valence-corrected chi connectivity index (χ2v) is 13.3. The summed E-state index contributed by atoms with van der Waals surface area (Å²) < 4.78 is 64.5. The molecule has 0 aromatic heterocycles. The van der Waals surface area contributed by atoms with E-state index in [2.05, 4.69) is 16.0 Å². The number of benzene rings is 2. The molecule has 0 saturated carbocycles. The molecule has 0 bridgehead atoms. The van der Waals surface area contributed by atoms with E-state index in [0.29, 0.717) is 38.9 Å². The number of alkyl carbamates (subject to hydrolysis) is 1. The van der Waals surface area contributed by atoms with Gasteiger partial charge in [0.1, 0.15) is 29.9 Å². The lowest BCUT2D eigenvalue weighted by Crippen LogP contribution is -2.52. The maximum Gasteiger partial charge on any atom is 0.408 e. The molecule has 1 saturated heterocycles. The molecule has 2 aromatic carbocycles. The van der Waals surface area contributed by atoms with Gasteiger partial charge in [-0.05, 0) is 61.1 Å². The Morgan fingerprint density at radius 1 is 1.09 bits per heavy atom. The van der Waals surface area contributed by atoms with Crippen LogP contribution in [0.4, 0.5) is 13.6 Å². The van der Waals surface area contributed by atoms with Crippen LogP contribution >= 0.6 is 0 Å². The Kier molecular flexibility index (Phi) is 14.0. The molecule has 0 radical (unpaired) electrons. The number of aryl methyl sites for hydroxylation is 1. The van der Waals surface area contributed by atoms with Crippen LogP contribution in [0.15, 0.2) is 42.5 Å². The van der Waals surface area contributed by atoms with E-state index in [9.17, 15) is 26.8 Å². The third-order valence-electron chi connectivity index (χ3n) is 7.31. The first-order chi connectivity index (χ1) is 21.0. The van der Waals surface area contributed by atoms with Crippen LogP contribution in [0.25, 0.3) is 0 Å². The fourth-order valence-corrected chi connectivity index (χ4v) is 6.51. The highest BCUT2D eigenvalue weighted by Gasteiger charge is 2.33. The summed E-state index contributed by atoms with van der Waals surface area (Å²) >= 11 is 0. The van der Waals surface area contributed by atoms with E-state index in [-0.39, 0.29) is 24.3 Å². The van der Waals surface area contributed by atoms with Crippen LogP contribution in [0.5, 0.6) is 0 Å². The third-order valence-corrected chi connectivity index (χ3v) is 9.06. The Hall–Kier alpha value is -3.13. The highest BCUT2D eigenvalue weighted by atomic mass is 32.2. The molecule has 5 N–H and O–H groups in total. The lowest BCUT2D eigenvalue weighted by molar-refractivity contribution is -0.151. The first kappa shape index (κ1) is 35.4. The Labute approximate surface area is 258 Å². The number of nitrogens with two attached hydrogens (primary N) is 1. The monoisotopic (exact) mass is 638 g/mol. The number of sulfone groups is 1. The lowest BCUT2D eigenvalue weighted by atomic mass is 10.0. The van der Waals surface area contributed by atoms with Crippen LogP contribution in [-0.2, 0) is 43.5 Å². The summed E-state index contributed by atoms with van der Waals surface area (Å²) in [4.78, 5) is 26.1. The molecule has 1 aliphatic rings. The summed E-state index contributed by atoms with van der Waals surface area (Å²) in [6.07, 6.45) is 0.0407. The largest absolute Gasteiger partial charge is 0.458 e. The van der Waals surface area contributed by atoms with Gasteiger partial charge in [-0.3, -0.25) is 0 Å². The molecule has 4 atom stereocenters. The van der Waals surface area contributed by atoms with E-state index in [1.807, 2.05) is 38.1 Å². The zero-order valence-corrected chi connectivity index (χ0v) is 26.1. The highest BCUT2D eigenvalue weighted by molar-refractivity contribution is 7.91. The smallest absolute Gasteiger partial charge is 0.408 e. The summed E-state index contributed by atoms with van der Waals surface area (Å²) in [7, 11) is -3.75. The fraction of sp³-hybridized carbons (Fsp3) is 0.548. The second-order valence-electron chi connectivity index (χ2n) is 11.1. The van der Waals surface area contributed by atoms with Gasteiger partial charge in [-0.15, -0.1) is 0 Å². The van der Waals surface area contributed by atoms with Gasteiger partial charge < -0.3 is 31.2 Å². The first-order valence-corrected chi connectivity index (χ1v) is 16.9. The molecule has 44 heavy (non-hydrogen) atoms. The van der Waals surface area contributed by atoms with Crippen LogP contribution in [0.2, 0.25) is 0 Å². The molecular weight excluding hydrogens is 594 g/mol. The quantitative estimate of drug-likeness (QED) is 0.192. The number of hydrogen-bond donors (Lipinski definition) is 4. The lowest BCUT2D eigenvalue weighted by Gasteiger charge is -2.27. The van der Waals surface area contributed by atoms with E-state index in [0.717, 1.165) is 35.7 Å². The molecule has 0 spiro atoms. The number of carbonyl (C=O) groups is 2. The second kappa shape index (κ2) is 17.4. The van der Waals surface area contributed by atoms with Crippen molar-refractivity contribution in [3.8, 4) is 0 Å². The first-order valence-electron chi connectivity index (χ1n) is 15.1. The number of hydrogen-bond acceptors (Lipinski definition) is 9. The van der Waals surface area contributed by atoms with Crippen molar-refractivity contribution in [1.29, 1.82) is 0 Å². The van der Waals surface area contributed by atoms with Crippen LogP contribution < -0.4 is 21.7 Å². The average molecular weight is 639 g/mol. The topological polar surface area (TPSA) is 149 Å². The Bertz CT molecular complexity index is 1320. The highest BCUT2D eigenvalue weighted by Crippen LogP contribution is 2.14. The Morgan fingerprint density at radius 3 is 2.48 bits per heavy atom. The summed E-state index contributed by atoms with van der Waals surface area (Å²) in [5, 5.41) is 8.64. The predicted octanol–water partition coefficient (Wildman–Crippen LogP) is 2.77. The number of esters is 1. The third kappa shape index (κ3) is 12.1. The Balaban J connectivity index is 1.78. The van der Waals surface area contributed by atoms with Crippen molar-refractivity contribution in [1.82, 2.24) is 16.0 Å². The van der Waals surface area contributed by atoms with E-state index >= 15 is 0 Å². The van der Waals surface area contributed by atoms with E-state index < -0.39 is 63.6 Å². The van der Waals surface area contributed by atoms with Crippen molar-refractivity contribution >= 4 is 21.9 Å². The van der Waals surface area contributed by atoms with Crippen molar-refractivity contribution in [3.05, 3.63) is 70.8 Å². The van der Waals surface area contributed by atoms with E-state index in [4.69, 9.17) is 15.2 Å². The molecule has 10 nitrogen and oxygen atoms in total. The summed E-state index contributed by atoms with van der Waals surface area (Å²) in [6.45, 7) is 5.46. The minimum Gasteiger partial charge on any atom is -0.458 e. The van der Waals surface area contributed by atoms with E-state index in [1.54, 1.807) is 0 Å². The molecule has 1 fully saturated rings. The minimum absolute atomic E-state index is 0.0385. The zero-order valence-electron chi connectivity index (χ0n) is 25.3. The molecular formula is C31H44F2N4O6S. The van der Waals surface area contributed by atoms with Crippen LogP contribution in [-0.4, -0.2) is 75.9 Å². The maximum absolute atomic E-state index is 13.9. The van der Waals surface area contributed by atoms with Crippen molar-refractivity contribution in [2.75, 3.05) is 31.1 Å². The van der Waals surface area contributed by atoms with Gasteiger partial charge in [0.15, 0.2) is 9.84 Å². The summed E-state index contributed by atoms with van der Waals surface area (Å²) in [6, 6.07) is 8.48. The van der Waals surface area contributed by atoms with Gasteiger partial charge in [0.05, 0.1) is 11.5 Å². The number of unbranched alkanes of at least 4 members (excludes halogenated alkanes) is 1. The van der Waals surface area contributed by atoms with Crippen molar-refractivity contribution in [2.24, 2.45) is 5.73 Å². The normalized spacial score (nSPS) is 17.1. The molecule has 2 aromatic rings. The van der Waals surface area contributed by atoms with Gasteiger partial charge in [0, 0.05) is 31.7 Å². The number of amides is 1. The molecule has 0 aliphatic carbocycles. The van der Waals surface area contributed by atoms with Crippen molar-refractivity contribution in [2.45, 2.75) is 76.8 Å². The van der Waals surface area contributed by atoms with Crippen molar-refractivity contribution < 1.29 is 36.3 Å². The molecule has 1 aliphatic heterocycles. The van der Waals surface area contributed by atoms with E-state index in [1.165, 1.54) is 0 Å². The average Bonchev–Trinajstić information content (AvgIpc) is 3.47. The molecule has 13 heteroatoms. The van der Waals surface area contributed by atoms with Gasteiger partial charge >= 0.3 is 12.1 Å². The number of nitrogens with one attached hydrogen (secondary N) is 3. The van der Waals surface area contributed by atoms with Gasteiger partial charge in [-0.2, -0.15) is 0 Å². The van der Waals surface area contributed by atoms with Gasteiger partial charge in [0.25, 0.3) is 0 Å². The van der Waals surface area contributed by atoms with Crippen LogP contribution in [0.1, 0.15) is 49.8 Å². The number of ether oxygens (including phenoxy) is 2. The molecule has 244 valence electrons. The summed E-state index contributed by atoms with van der Waals surface area (Å²) in [5.74, 6) is -3.40. The predicted molar refractivity (Wildman–Crippen MR) is 164 cm³/mol. The standard InChI is InChI=1S/C31H44F2N4O6S/c1-3-5-11-44(40,41)20-28(37-31(39)42-26-9-10-35-18-26)30(38)43-29(19-36-17-22-8-6-7-21(4-2)12-22)27(34)15-23-13-24(32)16-25(33)14-23/h6-8,12-14,16,26-29,35-36H,3-5,9-11,15,17-20,34H2,1-2H3,(H,37,39)/t26-,27?,28-,29-/m1/s1. The van der Waals surface area contributed by atoms with Crippen molar-refractivity contribution in [3.63, 3.8) is 0 Å². The van der Waals surface area contributed by atoms with Gasteiger partial charge in [-0.25, -0.2) is 26.8 Å². The number of halogens is 2. The fourth-order valence-electron chi connectivity index (χ4n) is 4.89. The van der Waals surface area contributed by atoms with Gasteiger partial charge in [0.2, 0.25) is 0 Å². The molecule has 1 amide bonds. The number of rotatable bonds is 17. The Morgan fingerprint density at radius 2 is 1.82 bits per heavy atom. The number of carbonyl (C=O) groups excluding carboxylic acids is 2. The minimum atomic E-state index is -3.75. The molecule has 1 unspecified atom stereocenters. The maximum atomic E-state index is 13.9. The SMILES string of the molecule is CCCCS(=O)(=O)C[C@@H](NC(=O)O[C@@H]1CCNC1)C(=O)O[C@H](CNCc1cccc(CC)c1)C(N)Cc1cc(F)cc(F)c1. The molecule has 3 rings (SSSR count).